The maximum absolute atomic E-state index is 12.0. The van der Waals surface area contributed by atoms with Crippen molar-refractivity contribution in [1.29, 1.82) is 0 Å². The molecule has 1 amide bonds. The van der Waals surface area contributed by atoms with Gasteiger partial charge in [0, 0.05) is 25.4 Å². The van der Waals surface area contributed by atoms with E-state index in [4.69, 9.17) is 4.74 Å². The van der Waals surface area contributed by atoms with Gasteiger partial charge in [0.2, 0.25) is 5.91 Å². The van der Waals surface area contributed by atoms with Gasteiger partial charge in [-0.05, 0) is 30.9 Å². The number of amides is 1. The van der Waals surface area contributed by atoms with Crippen LogP contribution in [-0.4, -0.2) is 45.0 Å². The van der Waals surface area contributed by atoms with E-state index in [2.05, 4.69) is 15.5 Å². The van der Waals surface area contributed by atoms with Crippen molar-refractivity contribution < 1.29 is 14.6 Å². The molecule has 1 aliphatic rings. The van der Waals surface area contributed by atoms with Crippen LogP contribution in [0.2, 0.25) is 0 Å². The molecule has 3 atom stereocenters. The fraction of sp³-hybridized carbons (Fsp3) is 0.526. The second-order valence-corrected chi connectivity index (χ2v) is 7.02. The summed E-state index contributed by atoms with van der Waals surface area (Å²) in [5.41, 5.74) is 2.23. The molecule has 3 rings (SSSR count). The standard InChI is InChI=1S/C19H26N4O3/c1-13-5-3-4-6-14(13)10-26-11-18(25)20-9-16-7-15(8-17(16)24)19-22-21-12-23(19)2/h3-6,12,15-17,24H,7-11H2,1-2H3,(H,20,25)/t15-,16+,17+/m0/s1. The first-order valence-corrected chi connectivity index (χ1v) is 8.95. The molecule has 0 spiro atoms. The fourth-order valence-electron chi connectivity index (χ4n) is 3.52. The van der Waals surface area contributed by atoms with Crippen molar-refractivity contribution in [3.8, 4) is 0 Å². The van der Waals surface area contributed by atoms with Crippen LogP contribution in [0, 0.1) is 12.8 Å². The topological polar surface area (TPSA) is 89.3 Å². The Balaban J connectivity index is 1.40. The van der Waals surface area contributed by atoms with Gasteiger partial charge in [-0.3, -0.25) is 4.79 Å². The average Bonchev–Trinajstić information content (AvgIpc) is 3.20. The van der Waals surface area contributed by atoms with Crippen molar-refractivity contribution in [3.05, 3.63) is 47.5 Å². The van der Waals surface area contributed by atoms with Gasteiger partial charge in [0.25, 0.3) is 0 Å². The van der Waals surface area contributed by atoms with Crippen molar-refractivity contribution in [2.75, 3.05) is 13.2 Å². The van der Waals surface area contributed by atoms with Crippen molar-refractivity contribution in [1.82, 2.24) is 20.1 Å². The highest BCUT2D eigenvalue weighted by molar-refractivity contribution is 5.77. The maximum Gasteiger partial charge on any atom is 0.246 e. The summed E-state index contributed by atoms with van der Waals surface area (Å²) in [6.07, 6.45) is 2.67. The SMILES string of the molecule is Cc1ccccc1COCC(=O)NC[C@H]1C[C@H](c2nncn2C)C[C@H]1O. The Kier molecular flexibility index (Phi) is 6.00. The predicted molar refractivity (Wildman–Crippen MR) is 96.3 cm³/mol. The van der Waals surface area contributed by atoms with Gasteiger partial charge in [-0.15, -0.1) is 10.2 Å². The van der Waals surface area contributed by atoms with Gasteiger partial charge in [-0.1, -0.05) is 24.3 Å². The monoisotopic (exact) mass is 358 g/mol. The van der Waals surface area contributed by atoms with Gasteiger partial charge < -0.3 is 19.7 Å². The van der Waals surface area contributed by atoms with Gasteiger partial charge in [-0.25, -0.2) is 0 Å². The maximum atomic E-state index is 12.0. The zero-order valence-corrected chi connectivity index (χ0v) is 15.3. The summed E-state index contributed by atoms with van der Waals surface area (Å²) in [5, 5.41) is 21.2. The van der Waals surface area contributed by atoms with E-state index in [1.807, 2.05) is 42.8 Å². The number of aliphatic hydroxyl groups excluding tert-OH is 1. The zero-order chi connectivity index (χ0) is 18.5. The van der Waals surface area contributed by atoms with Gasteiger partial charge in [-0.2, -0.15) is 0 Å². The minimum absolute atomic E-state index is 0.0177. The number of aliphatic hydroxyl groups is 1. The second-order valence-electron chi connectivity index (χ2n) is 7.02. The Morgan fingerprint density at radius 2 is 2.19 bits per heavy atom. The molecule has 1 aliphatic carbocycles. The highest BCUT2D eigenvalue weighted by Gasteiger charge is 2.35. The Hall–Kier alpha value is -2.25. The zero-order valence-electron chi connectivity index (χ0n) is 15.3. The summed E-state index contributed by atoms with van der Waals surface area (Å²) in [7, 11) is 1.91. The summed E-state index contributed by atoms with van der Waals surface area (Å²) in [6, 6.07) is 7.95. The van der Waals surface area contributed by atoms with Crippen LogP contribution >= 0.6 is 0 Å². The molecule has 2 aromatic rings. The third kappa shape index (κ3) is 4.47. The van der Waals surface area contributed by atoms with Crippen LogP contribution in [0.15, 0.2) is 30.6 Å². The third-order valence-corrected chi connectivity index (χ3v) is 5.08. The van der Waals surface area contributed by atoms with Crippen LogP contribution in [0.4, 0.5) is 0 Å². The quantitative estimate of drug-likeness (QED) is 0.779. The number of rotatable bonds is 7. The van der Waals surface area contributed by atoms with Crippen molar-refractivity contribution in [2.45, 2.75) is 38.4 Å². The molecule has 0 bridgehead atoms. The first-order chi connectivity index (χ1) is 12.5. The highest BCUT2D eigenvalue weighted by atomic mass is 16.5. The molecular formula is C19H26N4O3. The van der Waals surface area contributed by atoms with Crippen LogP contribution in [0.25, 0.3) is 0 Å². The first-order valence-electron chi connectivity index (χ1n) is 8.95. The number of aryl methyl sites for hydroxylation is 2. The molecule has 140 valence electrons. The number of carbonyl (C=O) groups is 1. The minimum atomic E-state index is -0.440. The third-order valence-electron chi connectivity index (χ3n) is 5.08. The van der Waals surface area contributed by atoms with Crippen molar-refractivity contribution in [2.24, 2.45) is 13.0 Å². The van der Waals surface area contributed by atoms with Gasteiger partial charge in [0.15, 0.2) is 0 Å². The molecule has 0 radical (unpaired) electrons. The number of nitrogens with zero attached hydrogens (tertiary/aromatic N) is 3. The minimum Gasteiger partial charge on any atom is -0.393 e. The summed E-state index contributed by atoms with van der Waals surface area (Å²) in [5.74, 6) is 0.932. The Bertz CT molecular complexity index is 746. The second kappa shape index (κ2) is 8.42. The number of hydrogen-bond donors (Lipinski definition) is 2. The summed E-state index contributed by atoms with van der Waals surface area (Å²) in [6.45, 7) is 2.90. The molecule has 7 heteroatoms. The number of ether oxygens (including phenoxy) is 1. The lowest BCUT2D eigenvalue weighted by Crippen LogP contribution is -2.34. The van der Waals surface area contributed by atoms with Crippen LogP contribution < -0.4 is 5.32 Å². The molecule has 0 saturated heterocycles. The van der Waals surface area contributed by atoms with Crippen LogP contribution in [0.5, 0.6) is 0 Å². The molecule has 26 heavy (non-hydrogen) atoms. The molecule has 1 aromatic carbocycles. The van der Waals surface area contributed by atoms with Gasteiger partial charge >= 0.3 is 0 Å². The van der Waals surface area contributed by atoms with E-state index in [0.29, 0.717) is 19.6 Å². The lowest BCUT2D eigenvalue weighted by atomic mass is 10.0. The molecule has 0 unspecified atom stereocenters. The van der Waals surface area contributed by atoms with Crippen LogP contribution in [-0.2, 0) is 23.2 Å². The molecule has 1 aromatic heterocycles. The molecule has 1 heterocycles. The largest absolute Gasteiger partial charge is 0.393 e. The van der Waals surface area contributed by atoms with E-state index in [-0.39, 0.29) is 24.3 Å². The van der Waals surface area contributed by atoms with Gasteiger partial charge in [0.1, 0.15) is 18.8 Å². The van der Waals surface area contributed by atoms with Crippen molar-refractivity contribution >= 4 is 5.91 Å². The molecule has 1 fully saturated rings. The van der Waals surface area contributed by atoms with E-state index < -0.39 is 6.10 Å². The van der Waals surface area contributed by atoms with Gasteiger partial charge in [0.05, 0.1) is 12.7 Å². The summed E-state index contributed by atoms with van der Waals surface area (Å²) >= 11 is 0. The van der Waals surface area contributed by atoms with E-state index in [0.717, 1.165) is 23.4 Å². The first kappa shape index (κ1) is 18.5. The Morgan fingerprint density at radius 3 is 2.92 bits per heavy atom. The summed E-state index contributed by atoms with van der Waals surface area (Å²) < 4.78 is 7.39. The number of carbonyl (C=O) groups excluding carboxylic acids is 1. The number of nitrogens with one attached hydrogen (secondary N) is 1. The summed E-state index contributed by atoms with van der Waals surface area (Å²) in [4.78, 5) is 12.0. The van der Waals surface area contributed by atoms with E-state index in [9.17, 15) is 9.90 Å². The normalized spacial score (nSPS) is 22.5. The molecular weight excluding hydrogens is 332 g/mol. The lowest BCUT2D eigenvalue weighted by molar-refractivity contribution is -0.126. The predicted octanol–water partition coefficient (Wildman–Crippen LogP) is 1.31. The average molecular weight is 358 g/mol. The highest BCUT2D eigenvalue weighted by Crippen LogP contribution is 2.37. The molecule has 2 N–H and O–H groups in total. The number of hydrogen-bond acceptors (Lipinski definition) is 5. The fourth-order valence-corrected chi connectivity index (χ4v) is 3.52. The number of benzene rings is 1. The van der Waals surface area contributed by atoms with Crippen molar-refractivity contribution in [3.63, 3.8) is 0 Å². The van der Waals surface area contributed by atoms with Crippen LogP contribution in [0.1, 0.15) is 35.7 Å². The van der Waals surface area contributed by atoms with E-state index >= 15 is 0 Å². The Labute approximate surface area is 153 Å². The van der Waals surface area contributed by atoms with E-state index in [1.165, 1.54) is 0 Å². The number of aromatic nitrogens is 3. The lowest BCUT2D eigenvalue weighted by Gasteiger charge is -2.15. The molecule has 1 saturated carbocycles. The smallest absolute Gasteiger partial charge is 0.246 e. The molecule has 0 aliphatic heterocycles. The van der Waals surface area contributed by atoms with E-state index in [1.54, 1.807) is 6.33 Å². The molecule has 7 nitrogen and oxygen atoms in total. The van der Waals surface area contributed by atoms with Crippen LogP contribution in [0.3, 0.4) is 0 Å². The Morgan fingerprint density at radius 1 is 1.38 bits per heavy atom.